The lowest BCUT2D eigenvalue weighted by molar-refractivity contribution is -0.127. The second-order valence-electron chi connectivity index (χ2n) is 3.98. The van der Waals surface area contributed by atoms with Gasteiger partial charge in [0.2, 0.25) is 11.8 Å². The number of carbonyl (C=O) groups excluding carboxylic acids is 2. The first-order valence-electron chi connectivity index (χ1n) is 5.48. The number of nitrogens with two attached hydrogens (primary N) is 1. The number of amides is 2. The number of carbonyl (C=O) groups is 2. The van der Waals surface area contributed by atoms with Gasteiger partial charge in [0.25, 0.3) is 0 Å². The lowest BCUT2D eigenvalue weighted by Gasteiger charge is -2.27. The molecule has 1 aliphatic rings. The van der Waals surface area contributed by atoms with E-state index in [1.807, 2.05) is 0 Å². The summed E-state index contributed by atoms with van der Waals surface area (Å²) in [4.78, 5) is 24.7. The molecule has 0 spiro atoms. The van der Waals surface area contributed by atoms with Crippen molar-refractivity contribution in [2.75, 3.05) is 17.2 Å². The molecule has 1 aromatic carbocycles. The maximum atomic E-state index is 11.8. The lowest BCUT2D eigenvalue weighted by atomic mass is 10.00. The SMILES string of the molecule is Nc1ccc2c(c1)CCC(=O)N2C(=O)CCO. The number of hydrogen-bond acceptors (Lipinski definition) is 4. The molecule has 5 heteroatoms. The first-order chi connectivity index (χ1) is 8.13. The molecule has 0 bridgehead atoms. The van der Waals surface area contributed by atoms with E-state index in [1.54, 1.807) is 18.2 Å². The van der Waals surface area contributed by atoms with Crippen LogP contribution in [0.25, 0.3) is 0 Å². The van der Waals surface area contributed by atoms with Crippen molar-refractivity contribution in [3.63, 3.8) is 0 Å². The van der Waals surface area contributed by atoms with E-state index in [9.17, 15) is 9.59 Å². The number of aliphatic hydroxyl groups is 1. The van der Waals surface area contributed by atoms with Crippen LogP contribution in [0.5, 0.6) is 0 Å². The van der Waals surface area contributed by atoms with E-state index in [-0.39, 0.29) is 24.8 Å². The minimum Gasteiger partial charge on any atom is -0.399 e. The monoisotopic (exact) mass is 234 g/mol. The minimum absolute atomic E-state index is 0.0461. The second-order valence-corrected chi connectivity index (χ2v) is 3.98. The normalized spacial score (nSPS) is 14.6. The largest absolute Gasteiger partial charge is 0.399 e. The molecule has 17 heavy (non-hydrogen) atoms. The number of benzene rings is 1. The molecule has 0 radical (unpaired) electrons. The van der Waals surface area contributed by atoms with Gasteiger partial charge in [0.1, 0.15) is 0 Å². The predicted octanol–water partition coefficient (Wildman–Crippen LogP) is 0.457. The van der Waals surface area contributed by atoms with Gasteiger partial charge in [-0.25, -0.2) is 0 Å². The van der Waals surface area contributed by atoms with Crippen molar-refractivity contribution in [1.29, 1.82) is 0 Å². The maximum absolute atomic E-state index is 11.8. The van der Waals surface area contributed by atoms with Crippen LogP contribution in [0.4, 0.5) is 11.4 Å². The number of nitrogens with zero attached hydrogens (tertiary/aromatic N) is 1. The van der Waals surface area contributed by atoms with Gasteiger partial charge in [-0.2, -0.15) is 0 Å². The fourth-order valence-electron chi connectivity index (χ4n) is 1.99. The van der Waals surface area contributed by atoms with Gasteiger partial charge in [0, 0.05) is 12.1 Å². The minimum atomic E-state index is -0.372. The number of aliphatic hydroxyl groups excluding tert-OH is 1. The van der Waals surface area contributed by atoms with Crippen molar-refractivity contribution >= 4 is 23.2 Å². The van der Waals surface area contributed by atoms with Crippen LogP contribution < -0.4 is 10.6 Å². The number of fused-ring (bicyclic) bond motifs is 1. The highest BCUT2D eigenvalue weighted by atomic mass is 16.3. The van der Waals surface area contributed by atoms with Crippen LogP contribution >= 0.6 is 0 Å². The highest BCUT2D eigenvalue weighted by Crippen LogP contribution is 2.29. The Morgan fingerprint density at radius 2 is 2.18 bits per heavy atom. The third kappa shape index (κ3) is 2.14. The summed E-state index contributed by atoms with van der Waals surface area (Å²) in [7, 11) is 0. The Morgan fingerprint density at radius 1 is 1.41 bits per heavy atom. The Hall–Kier alpha value is -1.88. The zero-order valence-corrected chi connectivity index (χ0v) is 9.35. The molecule has 3 N–H and O–H groups in total. The van der Waals surface area contributed by atoms with Crippen LogP contribution in [0.2, 0.25) is 0 Å². The summed E-state index contributed by atoms with van der Waals surface area (Å²) in [5.41, 5.74) is 7.78. The van der Waals surface area contributed by atoms with Crippen LogP contribution in [-0.4, -0.2) is 23.5 Å². The van der Waals surface area contributed by atoms with Gasteiger partial charge in [-0.3, -0.25) is 14.5 Å². The Morgan fingerprint density at radius 3 is 2.88 bits per heavy atom. The first-order valence-corrected chi connectivity index (χ1v) is 5.48. The van der Waals surface area contributed by atoms with Crippen molar-refractivity contribution < 1.29 is 14.7 Å². The van der Waals surface area contributed by atoms with E-state index in [4.69, 9.17) is 10.8 Å². The second kappa shape index (κ2) is 4.55. The van der Waals surface area contributed by atoms with Gasteiger partial charge in [0.15, 0.2) is 0 Å². The van der Waals surface area contributed by atoms with Crippen molar-refractivity contribution in [2.24, 2.45) is 0 Å². The third-order valence-corrected chi connectivity index (χ3v) is 2.78. The number of nitrogen functional groups attached to an aromatic ring is 1. The predicted molar refractivity (Wildman–Crippen MR) is 63.4 cm³/mol. The van der Waals surface area contributed by atoms with Crippen molar-refractivity contribution in [2.45, 2.75) is 19.3 Å². The van der Waals surface area contributed by atoms with Gasteiger partial charge in [-0.15, -0.1) is 0 Å². The molecule has 0 aromatic heterocycles. The van der Waals surface area contributed by atoms with E-state index in [2.05, 4.69) is 0 Å². The molecule has 0 saturated heterocycles. The Labute approximate surface area is 98.8 Å². The first kappa shape index (κ1) is 11.6. The molecule has 0 aliphatic carbocycles. The van der Waals surface area contributed by atoms with Gasteiger partial charge < -0.3 is 10.8 Å². The van der Waals surface area contributed by atoms with Crippen LogP contribution in [-0.2, 0) is 16.0 Å². The number of hydrogen-bond donors (Lipinski definition) is 2. The van der Waals surface area contributed by atoms with E-state index < -0.39 is 0 Å². The molecule has 1 aliphatic heterocycles. The molecule has 5 nitrogen and oxygen atoms in total. The van der Waals surface area contributed by atoms with E-state index >= 15 is 0 Å². The summed E-state index contributed by atoms with van der Waals surface area (Å²) in [6, 6.07) is 5.12. The summed E-state index contributed by atoms with van der Waals surface area (Å²) in [6.45, 7) is -0.257. The molecule has 0 saturated carbocycles. The average Bonchev–Trinajstić information content (AvgIpc) is 2.29. The summed E-state index contributed by atoms with van der Waals surface area (Å²) in [5, 5.41) is 8.77. The van der Waals surface area contributed by atoms with Crippen LogP contribution in [0.1, 0.15) is 18.4 Å². The average molecular weight is 234 g/mol. The Balaban J connectivity index is 2.40. The zero-order valence-electron chi connectivity index (χ0n) is 9.35. The van der Waals surface area contributed by atoms with Gasteiger partial charge in [0.05, 0.1) is 18.7 Å². The highest BCUT2D eigenvalue weighted by molar-refractivity contribution is 6.16. The standard InChI is InChI=1S/C12H14N2O3/c13-9-2-3-10-8(7-9)1-4-11(16)14(10)12(17)5-6-15/h2-3,7,15H,1,4-6,13H2. The molecule has 90 valence electrons. The smallest absolute Gasteiger partial charge is 0.236 e. The van der Waals surface area contributed by atoms with Gasteiger partial charge in [-0.1, -0.05) is 0 Å². The molecule has 1 aromatic rings. The summed E-state index contributed by atoms with van der Waals surface area (Å²) < 4.78 is 0. The van der Waals surface area contributed by atoms with Crippen LogP contribution in [0, 0.1) is 0 Å². The molecular weight excluding hydrogens is 220 g/mol. The number of anilines is 2. The quantitative estimate of drug-likeness (QED) is 0.728. The summed E-state index contributed by atoms with van der Waals surface area (Å²) in [5.74, 6) is -0.594. The Bertz CT molecular complexity index is 471. The molecule has 2 rings (SSSR count). The Kier molecular flexibility index (Phi) is 3.10. The molecule has 0 atom stereocenters. The molecule has 2 amide bonds. The van der Waals surface area contributed by atoms with Crippen molar-refractivity contribution in [3.05, 3.63) is 23.8 Å². The number of imide groups is 1. The zero-order chi connectivity index (χ0) is 12.4. The van der Waals surface area contributed by atoms with E-state index in [1.165, 1.54) is 0 Å². The summed E-state index contributed by atoms with van der Waals surface area (Å²) >= 11 is 0. The molecule has 1 heterocycles. The van der Waals surface area contributed by atoms with Gasteiger partial charge in [-0.05, 0) is 30.2 Å². The summed E-state index contributed by atoms with van der Waals surface area (Å²) in [6.07, 6.45) is 0.852. The lowest BCUT2D eigenvalue weighted by Crippen LogP contribution is -2.40. The van der Waals surface area contributed by atoms with E-state index in [0.29, 0.717) is 24.2 Å². The van der Waals surface area contributed by atoms with Crippen LogP contribution in [0.3, 0.4) is 0 Å². The number of rotatable bonds is 2. The maximum Gasteiger partial charge on any atom is 0.236 e. The van der Waals surface area contributed by atoms with Gasteiger partial charge >= 0.3 is 0 Å². The van der Waals surface area contributed by atoms with E-state index in [0.717, 1.165) is 10.5 Å². The molecule has 0 unspecified atom stereocenters. The fourth-order valence-corrected chi connectivity index (χ4v) is 1.99. The molecule has 0 fully saturated rings. The topological polar surface area (TPSA) is 83.6 Å². The number of aryl methyl sites for hydroxylation is 1. The molecular formula is C12H14N2O3. The van der Waals surface area contributed by atoms with Crippen molar-refractivity contribution in [3.8, 4) is 0 Å². The highest BCUT2D eigenvalue weighted by Gasteiger charge is 2.28. The van der Waals surface area contributed by atoms with Crippen LogP contribution in [0.15, 0.2) is 18.2 Å². The third-order valence-electron chi connectivity index (χ3n) is 2.78. The fraction of sp³-hybridized carbons (Fsp3) is 0.333. The van der Waals surface area contributed by atoms with Crippen molar-refractivity contribution in [1.82, 2.24) is 0 Å².